The molecule has 1 atom stereocenters. The molecule has 1 heterocycles. The third kappa shape index (κ3) is 4.44. The Kier molecular flexibility index (Phi) is 5.94. The first kappa shape index (κ1) is 18.5. The number of rotatable bonds is 6. The number of benzene rings is 2. The SMILES string of the molecule is Cc1c(Cl)cccc1NC(=O)C1CC(=O)N(CCCc2ccccc2)C1. The Hall–Kier alpha value is -2.33. The molecule has 2 aromatic carbocycles. The fourth-order valence-electron chi connectivity index (χ4n) is 3.26. The third-order valence-corrected chi connectivity index (χ3v) is 5.26. The molecule has 0 saturated carbocycles. The number of anilines is 1. The van der Waals surface area contributed by atoms with E-state index in [1.165, 1.54) is 5.56 Å². The predicted octanol–water partition coefficient (Wildman–Crippen LogP) is 4.07. The molecule has 0 bridgehead atoms. The second-order valence-corrected chi connectivity index (χ2v) is 7.14. The van der Waals surface area contributed by atoms with Gasteiger partial charge in [0.25, 0.3) is 0 Å². The molecule has 4 nitrogen and oxygen atoms in total. The van der Waals surface area contributed by atoms with E-state index in [0.717, 1.165) is 18.4 Å². The van der Waals surface area contributed by atoms with Crippen molar-refractivity contribution in [3.05, 3.63) is 64.7 Å². The van der Waals surface area contributed by atoms with Crippen LogP contribution in [0.5, 0.6) is 0 Å². The summed E-state index contributed by atoms with van der Waals surface area (Å²) in [5.74, 6) is -0.368. The Morgan fingerprint density at radius 1 is 1.19 bits per heavy atom. The molecule has 1 aliphatic rings. The molecule has 5 heteroatoms. The van der Waals surface area contributed by atoms with Gasteiger partial charge in [0.2, 0.25) is 11.8 Å². The van der Waals surface area contributed by atoms with E-state index >= 15 is 0 Å². The van der Waals surface area contributed by atoms with Crippen LogP contribution in [0.4, 0.5) is 5.69 Å². The van der Waals surface area contributed by atoms with Crippen LogP contribution in [0.1, 0.15) is 24.0 Å². The molecule has 2 aromatic rings. The largest absolute Gasteiger partial charge is 0.342 e. The summed E-state index contributed by atoms with van der Waals surface area (Å²) in [5.41, 5.74) is 2.81. The van der Waals surface area contributed by atoms with Crippen molar-refractivity contribution >= 4 is 29.1 Å². The first-order valence-corrected chi connectivity index (χ1v) is 9.30. The number of likely N-dealkylation sites (tertiary alicyclic amines) is 1. The average molecular weight is 371 g/mol. The molecule has 3 rings (SSSR count). The van der Waals surface area contributed by atoms with Crippen LogP contribution in [0.2, 0.25) is 5.02 Å². The highest BCUT2D eigenvalue weighted by Gasteiger charge is 2.34. The lowest BCUT2D eigenvalue weighted by atomic mass is 10.1. The number of hydrogen-bond donors (Lipinski definition) is 1. The normalized spacial score (nSPS) is 16.8. The van der Waals surface area contributed by atoms with Crippen molar-refractivity contribution in [1.29, 1.82) is 0 Å². The van der Waals surface area contributed by atoms with Crippen LogP contribution in [-0.4, -0.2) is 29.8 Å². The van der Waals surface area contributed by atoms with E-state index in [4.69, 9.17) is 11.6 Å². The number of carbonyl (C=O) groups excluding carboxylic acids is 2. The minimum Gasteiger partial charge on any atom is -0.342 e. The van der Waals surface area contributed by atoms with Gasteiger partial charge in [-0.25, -0.2) is 0 Å². The van der Waals surface area contributed by atoms with Crippen molar-refractivity contribution in [2.45, 2.75) is 26.2 Å². The molecule has 2 amide bonds. The summed E-state index contributed by atoms with van der Waals surface area (Å²) in [4.78, 5) is 26.6. The van der Waals surface area contributed by atoms with Gasteiger partial charge < -0.3 is 10.2 Å². The maximum absolute atomic E-state index is 12.5. The van der Waals surface area contributed by atoms with Gasteiger partial charge in [-0.1, -0.05) is 48.0 Å². The van der Waals surface area contributed by atoms with E-state index in [-0.39, 0.29) is 24.2 Å². The van der Waals surface area contributed by atoms with Crippen LogP contribution in [0.15, 0.2) is 48.5 Å². The minimum atomic E-state index is -0.308. The number of carbonyl (C=O) groups is 2. The summed E-state index contributed by atoms with van der Waals surface area (Å²) in [6, 6.07) is 15.7. The van der Waals surface area contributed by atoms with Gasteiger partial charge in [-0.15, -0.1) is 0 Å². The lowest BCUT2D eigenvalue weighted by Crippen LogP contribution is -2.29. The van der Waals surface area contributed by atoms with E-state index in [9.17, 15) is 9.59 Å². The van der Waals surface area contributed by atoms with E-state index in [1.807, 2.05) is 31.2 Å². The maximum Gasteiger partial charge on any atom is 0.229 e. The van der Waals surface area contributed by atoms with Crippen molar-refractivity contribution in [2.24, 2.45) is 5.92 Å². The molecular weight excluding hydrogens is 348 g/mol. The van der Waals surface area contributed by atoms with E-state index < -0.39 is 0 Å². The van der Waals surface area contributed by atoms with Gasteiger partial charge in [0.15, 0.2) is 0 Å². The van der Waals surface area contributed by atoms with Gasteiger partial charge in [-0.3, -0.25) is 9.59 Å². The Balaban J connectivity index is 1.52. The highest BCUT2D eigenvalue weighted by Crippen LogP contribution is 2.25. The number of amides is 2. The maximum atomic E-state index is 12.5. The number of hydrogen-bond acceptors (Lipinski definition) is 2. The highest BCUT2D eigenvalue weighted by molar-refractivity contribution is 6.31. The monoisotopic (exact) mass is 370 g/mol. The summed E-state index contributed by atoms with van der Waals surface area (Å²) >= 11 is 6.10. The standard InChI is InChI=1S/C21H23ClN2O2/c1-15-18(22)10-5-11-19(15)23-21(26)17-13-20(25)24(14-17)12-6-9-16-7-3-2-4-8-16/h2-5,7-8,10-11,17H,6,9,12-14H2,1H3,(H,23,26). The zero-order chi connectivity index (χ0) is 18.5. The summed E-state index contributed by atoms with van der Waals surface area (Å²) in [7, 11) is 0. The lowest BCUT2D eigenvalue weighted by molar-refractivity contribution is -0.128. The molecule has 0 radical (unpaired) electrons. The lowest BCUT2D eigenvalue weighted by Gasteiger charge is -2.17. The zero-order valence-corrected chi connectivity index (χ0v) is 15.6. The number of nitrogens with zero attached hydrogens (tertiary/aromatic N) is 1. The van der Waals surface area contributed by atoms with Crippen LogP contribution in [0, 0.1) is 12.8 Å². The first-order valence-electron chi connectivity index (χ1n) is 8.92. The van der Waals surface area contributed by atoms with Crippen LogP contribution >= 0.6 is 11.6 Å². The smallest absolute Gasteiger partial charge is 0.229 e. The zero-order valence-electron chi connectivity index (χ0n) is 14.9. The Bertz CT molecular complexity index is 792. The average Bonchev–Trinajstić information content (AvgIpc) is 3.01. The molecule has 0 aliphatic carbocycles. The van der Waals surface area contributed by atoms with E-state index in [1.54, 1.807) is 17.0 Å². The van der Waals surface area contributed by atoms with Crippen molar-refractivity contribution in [3.63, 3.8) is 0 Å². The topological polar surface area (TPSA) is 49.4 Å². The second kappa shape index (κ2) is 8.37. The fourth-order valence-corrected chi connectivity index (χ4v) is 3.43. The minimum absolute atomic E-state index is 0.0565. The quantitative estimate of drug-likeness (QED) is 0.833. The van der Waals surface area contributed by atoms with Gasteiger partial charge >= 0.3 is 0 Å². The van der Waals surface area contributed by atoms with Crippen LogP contribution in [0.3, 0.4) is 0 Å². The van der Waals surface area contributed by atoms with Gasteiger partial charge in [0, 0.05) is 30.2 Å². The first-order chi connectivity index (χ1) is 12.5. The molecule has 1 unspecified atom stereocenters. The number of halogens is 1. The van der Waals surface area contributed by atoms with E-state index in [0.29, 0.717) is 23.8 Å². The molecule has 26 heavy (non-hydrogen) atoms. The number of aryl methyl sites for hydroxylation is 1. The molecule has 1 fully saturated rings. The predicted molar refractivity (Wildman–Crippen MR) is 104 cm³/mol. The molecular formula is C21H23ClN2O2. The molecule has 0 aromatic heterocycles. The van der Waals surface area contributed by atoms with Gasteiger partial charge in [-0.2, -0.15) is 0 Å². The second-order valence-electron chi connectivity index (χ2n) is 6.73. The molecule has 1 aliphatic heterocycles. The Morgan fingerprint density at radius 2 is 1.96 bits per heavy atom. The van der Waals surface area contributed by atoms with Crippen molar-refractivity contribution < 1.29 is 9.59 Å². The van der Waals surface area contributed by atoms with Gasteiger partial charge in [0.1, 0.15) is 0 Å². The molecule has 0 spiro atoms. The van der Waals surface area contributed by atoms with Gasteiger partial charge in [-0.05, 0) is 43.0 Å². The molecule has 136 valence electrons. The highest BCUT2D eigenvalue weighted by atomic mass is 35.5. The van der Waals surface area contributed by atoms with Crippen LogP contribution in [0.25, 0.3) is 0 Å². The van der Waals surface area contributed by atoms with E-state index in [2.05, 4.69) is 17.4 Å². The van der Waals surface area contributed by atoms with Crippen LogP contribution in [-0.2, 0) is 16.0 Å². The summed E-state index contributed by atoms with van der Waals surface area (Å²) in [6.07, 6.45) is 2.11. The van der Waals surface area contributed by atoms with Crippen molar-refractivity contribution in [2.75, 3.05) is 18.4 Å². The summed E-state index contributed by atoms with van der Waals surface area (Å²) in [5, 5.41) is 3.53. The molecule has 1 saturated heterocycles. The number of nitrogens with one attached hydrogen (secondary N) is 1. The summed E-state index contributed by atoms with van der Waals surface area (Å²) < 4.78 is 0. The summed E-state index contributed by atoms with van der Waals surface area (Å²) in [6.45, 7) is 3.04. The fraction of sp³-hybridized carbons (Fsp3) is 0.333. The van der Waals surface area contributed by atoms with Crippen LogP contribution < -0.4 is 5.32 Å². The molecule has 1 N–H and O–H groups in total. The third-order valence-electron chi connectivity index (χ3n) is 4.85. The van der Waals surface area contributed by atoms with Crippen molar-refractivity contribution in [1.82, 2.24) is 4.90 Å². The van der Waals surface area contributed by atoms with Gasteiger partial charge in [0.05, 0.1) is 5.92 Å². The Labute approximate surface area is 159 Å². The van der Waals surface area contributed by atoms with Crippen molar-refractivity contribution in [3.8, 4) is 0 Å². The Morgan fingerprint density at radius 3 is 2.73 bits per heavy atom.